The summed E-state index contributed by atoms with van der Waals surface area (Å²) in [6, 6.07) is 18.0. The van der Waals surface area contributed by atoms with E-state index < -0.39 is 0 Å². The van der Waals surface area contributed by atoms with E-state index in [1.54, 1.807) is 0 Å². The van der Waals surface area contributed by atoms with E-state index in [0.717, 1.165) is 28.7 Å². The molecule has 3 N–H and O–H groups in total. The summed E-state index contributed by atoms with van der Waals surface area (Å²) in [5.41, 5.74) is 9.08. The number of aromatic nitrogens is 6. The average molecular weight is 445 g/mol. The Hall–Kier alpha value is -3.72. The maximum Gasteiger partial charge on any atom is 0.232 e. The molecule has 0 saturated carbocycles. The maximum absolute atomic E-state index is 5.95. The van der Waals surface area contributed by atoms with Gasteiger partial charge < -0.3 is 11.1 Å². The largest absolute Gasteiger partial charge is 0.368 e. The third kappa shape index (κ3) is 4.94. The summed E-state index contributed by atoms with van der Waals surface area (Å²) in [6.45, 7) is 6.56. The molecule has 2 heterocycles. The monoisotopic (exact) mass is 444 g/mol. The van der Waals surface area contributed by atoms with Crippen molar-refractivity contribution in [2.24, 2.45) is 0 Å². The van der Waals surface area contributed by atoms with Gasteiger partial charge in [-0.05, 0) is 18.1 Å². The van der Waals surface area contributed by atoms with Crippen LogP contribution >= 0.6 is 11.8 Å². The van der Waals surface area contributed by atoms with Crippen molar-refractivity contribution in [2.45, 2.75) is 30.8 Å². The van der Waals surface area contributed by atoms with Crippen LogP contribution in [0.25, 0.3) is 11.4 Å². The number of aryl methyl sites for hydroxylation is 1. The zero-order valence-corrected chi connectivity index (χ0v) is 18.6. The molecular weight excluding hydrogens is 420 g/mol. The first-order valence-electron chi connectivity index (χ1n) is 10.3. The van der Waals surface area contributed by atoms with E-state index in [4.69, 9.17) is 5.73 Å². The van der Waals surface area contributed by atoms with Gasteiger partial charge in [0.25, 0.3) is 0 Å². The van der Waals surface area contributed by atoms with Crippen molar-refractivity contribution in [1.82, 2.24) is 29.7 Å². The summed E-state index contributed by atoms with van der Waals surface area (Å²) in [6.07, 6.45) is 2.73. The number of nitrogens with two attached hydrogens (primary N) is 1. The summed E-state index contributed by atoms with van der Waals surface area (Å²) in [7, 11) is 0. The first kappa shape index (κ1) is 21.5. The highest BCUT2D eigenvalue weighted by Crippen LogP contribution is 2.26. The molecule has 32 heavy (non-hydrogen) atoms. The third-order valence-corrected chi connectivity index (χ3v) is 5.70. The van der Waals surface area contributed by atoms with E-state index >= 15 is 0 Å². The average Bonchev–Trinajstić information content (AvgIpc) is 3.21. The first-order chi connectivity index (χ1) is 15.7. The Labute approximate surface area is 191 Å². The number of nitrogens with one attached hydrogen (secondary N) is 1. The summed E-state index contributed by atoms with van der Waals surface area (Å²) in [5, 5.41) is 12.8. The van der Waals surface area contributed by atoms with E-state index in [9.17, 15) is 0 Å². The minimum absolute atomic E-state index is 0.171. The van der Waals surface area contributed by atoms with Gasteiger partial charge in [-0.15, -0.1) is 16.8 Å². The summed E-state index contributed by atoms with van der Waals surface area (Å²) >= 11 is 1.49. The molecule has 0 fully saturated rings. The van der Waals surface area contributed by atoms with Crippen molar-refractivity contribution in [2.75, 3.05) is 11.1 Å². The van der Waals surface area contributed by atoms with Gasteiger partial charge >= 0.3 is 0 Å². The minimum Gasteiger partial charge on any atom is -0.368 e. The maximum atomic E-state index is 5.95. The van der Waals surface area contributed by atoms with Crippen LogP contribution in [-0.4, -0.2) is 29.7 Å². The predicted octanol–water partition coefficient (Wildman–Crippen LogP) is 4.50. The van der Waals surface area contributed by atoms with Gasteiger partial charge in [-0.3, -0.25) is 4.57 Å². The summed E-state index contributed by atoms with van der Waals surface area (Å²) < 4.78 is 2.02. The molecule has 0 aliphatic rings. The van der Waals surface area contributed by atoms with Crippen LogP contribution in [0.15, 0.2) is 72.4 Å². The minimum atomic E-state index is 0.171. The number of rotatable bonds is 9. The van der Waals surface area contributed by atoms with E-state index in [0.29, 0.717) is 24.1 Å². The number of hydrogen-bond acceptors (Lipinski definition) is 8. The number of anilines is 3. The summed E-state index contributed by atoms with van der Waals surface area (Å²) in [4.78, 5) is 13.1. The van der Waals surface area contributed by atoms with Crippen LogP contribution in [0.4, 0.5) is 17.6 Å². The highest BCUT2D eigenvalue weighted by Gasteiger charge is 2.15. The second kappa shape index (κ2) is 10.1. The fraction of sp³-hybridized carbons (Fsp3) is 0.174. The Morgan fingerprint density at radius 2 is 1.81 bits per heavy atom. The molecule has 0 spiro atoms. The van der Waals surface area contributed by atoms with Crippen LogP contribution in [0.5, 0.6) is 0 Å². The molecule has 2 aromatic carbocycles. The Morgan fingerprint density at radius 1 is 1.03 bits per heavy atom. The van der Waals surface area contributed by atoms with E-state index in [-0.39, 0.29) is 5.95 Å². The number of para-hydroxylation sites is 1. The first-order valence-corrected chi connectivity index (χ1v) is 11.2. The lowest BCUT2D eigenvalue weighted by molar-refractivity contribution is 0.730. The van der Waals surface area contributed by atoms with E-state index in [1.165, 1.54) is 17.3 Å². The van der Waals surface area contributed by atoms with Crippen molar-refractivity contribution >= 4 is 29.3 Å². The molecule has 0 bridgehead atoms. The van der Waals surface area contributed by atoms with Gasteiger partial charge in [0.1, 0.15) is 5.82 Å². The molecule has 0 amide bonds. The Balaban J connectivity index is 1.54. The zero-order valence-electron chi connectivity index (χ0n) is 17.8. The Morgan fingerprint density at radius 3 is 2.59 bits per heavy atom. The van der Waals surface area contributed by atoms with Crippen LogP contribution in [-0.2, 0) is 18.7 Å². The van der Waals surface area contributed by atoms with Crippen LogP contribution in [0.3, 0.4) is 0 Å². The standard InChI is InChI=1S/C23H24N8S/c1-3-14-31-20(17-11-6-5-7-12-17)29-30-23(31)32-15-19-26-21(24)28-22(27-19)25-18-13-9-8-10-16(18)4-2/h3,5-13H,1,4,14-15H2,2H3,(H3,24,25,26,27,28). The van der Waals surface area contributed by atoms with Crippen molar-refractivity contribution in [3.63, 3.8) is 0 Å². The van der Waals surface area contributed by atoms with Gasteiger partial charge in [0.05, 0.1) is 5.75 Å². The molecule has 8 nitrogen and oxygen atoms in total. The lowest BCUT2D eigenvalue weighted by Crippen LogP contribution is -2.08. The SMILES string of the molecule is C=CCn1c(SCc2nc(N)nc(Nc3ccccc3CC)n2)nnc1-c1ccccc1. The molecular formula is C23H24N8S. The fourth-order valence-corrected chi connectivity index (χ4v) is 4.05. The molecule has 0 saturated heterocycles. The summed E-state index contributed by atoms with van der Waals surface area (Å²) in [5.74, 6) is 2.42. The van der Waals surface area contributed by atoms with Gasteiger partial charge in [0.2, 0.25) is 11.9 Å². The highest BCUT2D eigenvalue weighted by atomic mass is 32.2. The molecule has 0 radical (unpaired) electrons. The number of allylic oxidation sites excluding steroid dienone is 1. The van der Waals surface area contributed by atoms with Crippen LogP contribution in [0.2, 0.25) is 0 Å². The zero-order chi connectivity index (χ0) is 22.3. The van der Waals surface area contributed by atoms with Crippen molar-refractivity contribution in [3.05, 3.63) is 78.6 Å². The second-order valence-electron chi connectivity index (χ2n) is 6.93. The van der Waals surface area contributed by atoms with Crippen molar-refractivity contribution < 1.29 is 0 Å². The molecule has 162 valence electrons. The van der Waals surface area contributed by atoms with Gasteiger partial charge in [0.15, 0.2) is 11.0 Å². The lowest BCUT2D eigenvalue weighted by Gasteiger charge is -2.11. The van der Waals surface area contributed by atoms with Crippen LogP contribution in [0.1, 0.15) is 18.3 Å². The van der Waals surface area contributed by atoms with Crippen molar-refractivity contribution in [1.29, 1.82) is 0 Å². The molecule has 0 atom stereocenters. The molecule has 0 unspecified atom stereocenters. The van der Waals surface area contributed by atoms with Gasteiger partial charge in [-0.25, -0.2) is 0 Å². The molecule has 4 aromatic rings. The topological polar surface area (TPSA) is 107 Å². The highest BCUT2D eigenvalue weighted by molar-refractivity contribution is 7.98. The molecule has 2 aromatic heterocycles. The normalized spacial score (nSPS) is 10.8. The second-order valence-corrected chi connectivity index (χ2v) is 7.87. The van der Waals surface area contributed by atoms with Gasteiger partial charge in [0, 0.05) is 17.8 Å². The van der Waals surface area contributed by atoms with E-state index in [1.807, 2.05) is 59.2 Å². The number of nitrogens with zero attached hydrogens (tertiary/aromatic N) is 6. The number of benzene rings is 2. The molecule has 0 aliphatic carbocycles. The molecule has 0 aliphatic heterocycles. The number of hydrogen-bond donors (Lipinski definition) is 2. The third-order valence-electron chi connectivity index (χ3n) is 4.73. The predicted molar refractivity (Wildman–Crippen MR) is 129 cm³/mol. The smallest absolute Gasteiger partial charge is 0.232 e. The Kier molecular flexibility index (Phi) is 6.76. The van der Waals surface area contributed by atoms with Crippen LogP contribution < -0.4 is 11.1 Å². The lowest BCUT2D eigenvalue weighted by atomic mass is 10.1. The van der Waals surface area contributed by atoms with Gasteiger partial charge in [-0.1, -0.05) is 73.3 Å². The molecule has 4 rings (SSSR count). The van der Waals surface area contributed by atoms with Crippen molar-refractivity contribution in [3.8, 4) is 11.4 Å². The number of thioether (sulfide) groups is 1. The fourth-order valence-electron chi connectivity index (χ4n) is 3.25. The Bertz CT molecular complexity index is 1210. The van der Waals surface area contributed by atoms with E-state index in [2.05, 4.69) is 50.0 Å². The quantitative estimate of drug-likeness (QED) is 0.287. The van der Waals surface area contributed by atoms with Crippen LogP contribution in [0, 0.1) is 0 Å². The number of nitrogen functional groups attached to an aromatic ring is 1. The molecule has 9 heteroatoms. The van der Waals surface area contributed by atoms with Gasteiger partial charge in [-0.2, -0.15) is 15.0 Å².